The Kier molecular flexibility index (Phi) is 3.05. The van der Waals surface area contributed by atoms with E-state index in [1.807, 2.05) is 6.07 Å². The summed E-state index contributed by atoms with van der Waals surface area (Å²) in [4.78, 5) is 2.30. The van der Waals surface area contributed by atoms with Gasteiger partial charge in [0.15, 0.2) is 0 Å². The first-order valence-corrected chi connectivity index (χ1v) is 5.30. The summed E-state index contributed by atoms with van der Waals surface area (Å²) < 4.78 is 5.27. The van der Waals surface area contributed by atoms with Crippen LogP contribution >= 0.6 is 0 Å². The molecular weight excluding hydrogens is 188 g/mol. The Balaban J connectivity index is 2.00. The molecule has 0 amide bonds. The van der Waals surface area contributed by atoms with E-state index < -0.39 is 0 Å². The summed E-state index contributed by atoms with van der Waals surface area (Å²) in [6.07, 6.45) is 0. The molecule has 2 rings (SSSR count). The lowest BCUT2D eigenvalue weighted by Crippen LogP contribution is -2.64. The van der Waals surface area contributed by atoms with Gasteiger partial charge < -0.3 is 10.5 Å². The van der Waals surface area contributed by atoms with Crippen LogP contribution in [0.5, 0.6) is 0 Å². The molecule has 15 heavy (non-hydrogen) atoms. The second-order valence-corrected chi connectivity index (χ2v) is 4.26. The molecule has 1 saturated heterocycles. The first-order chi connectivity index (χ1) is 7.27. The third-order valence-electron chi connectivity index (χ3n) is 3.19. The van der Waals surface area contributed by atoms with Crippen LogP contribution in [0.2, 0.25) is 0 Å². The number of ether oxygens (including phenoxy) is 1. The first-order valence-electron chi connectivity index (χ1n) is 5.30. The van der Waals surface area contributed by atoms with Gasteiger partial charge in [0.25, 0.3) is 0 Å². The molecule has 2 N–H and O–H groups in total. The zero-order valence-corrected chi connectivity index (χ0v) is 9.15. The van der Waals surface area contributed by atoms with E-state index in [2.05, 4.69) is 36.2 Å². The van der Waals surface area contributed by atoms with E-state index in [4.69, 9.17) is 10.5 Å². The summed E-state index contributed by atoms with van der Waals surface area (Å²) in [5, 5.41) is 0. The molecule has 0 unspecified atom stereocenters. The van der Waals surface area contributed by atoms with Gasteiger partial charge in [-0.05, 0) is 12.6 Å². The third-order valence-corrected chi connectivity index (χ3v) is 3.19. The van der Waals surface area contributed by atoms with Crippen molar-refractivity contribution in [2.24, 2.45) is 5.73 Å². The van der Waals surface area contributed by atoms with Crippen molar-refractivity contribution in [1.29, 1.82) is 0 Å². The summed E-state index contributed by atoms with van der Waals surface area (Å²) in [5.41, 5.74) is 7.19. The Hall–Kier alpha value is -0.900. The van der Waals surface area contributed by atoms with Crippen LogP contribution in [0.15, 0.2) is 30.3 Å². The molecule has 0 saturated carbocycles. The standard InChI is InChI=1S/C12H18N2O/c1-14(12(8-13)9-15-10-12)7-11-5-3-2-4-6-11/h2-6H,7-10,13H2,1H3. The van der Waals surface area contributed by atoms with Gasteiger partial charge in [-0.25, -0.2) is 0 Å². The van der Waals surface area contributed by atoms with E-state index in [9.17, 15) is 0 Å². The molecule has 3 nitrogen and oxygen atoms in total. The second-order valence-electron chi connectivity index (χ2n) is 4.26. The lowest BCUT2D eigenvalue weighted by atomic mass is 9.95. The molecule has 0 spiro atoms. The summed E-state index contributed by atoms with van der Waals surface area (Å²) in [6.45, 7) is 3.11. The smallest absolute Gasteiger partial charge is 0.0802 e. The van der Waals surface area contributed by atoms with Crippen molar-refractivity contribution in [2.75, 3.05) is 26.8 Å². The van der Waals surface area contributed by atoms with Crippen LogP contribution in [0, 0.1) is 0 Å². The lowest BCUT2D eigenvalue weighted by molar-refractivity contribution is -0.129. The highest BCUT2D eigenvalue weighted by molar-refractivity contribution is 5.15. The number of hydrogen-bond acceptors (Lipinski definition) is 3. The Morgan fingerprint density at radius 1 is 1.33 bits per heavy atom. The highest BCUT2D eigenvalue weighted by Gasteiger charge is 2.40. The van der Waals surface area contributed by atoms with E-state index in [0.717, 1.165) is 19.8 Å². The maximum atomic E-state index is 5.80. The van der Waals surface area contributed by atoms with E-state index in [1.165, 1.54) is 5.56 Å². The fraction of sp³-hybridized carbons (Fsp3) is 0.500. The van der Waals surface area contributed by atoms with Crippen LogP contribution in [-0.2, 0) is 11.3 Å². The Labute approximate surface area is 90.8 Å². The molecule has 3 heteroatoms. The minimum atomic E-state index is 0.0653. The SMILES string of the molecule is CN(Cc1ccccc1)C1(CN)COC1. The van der Waals surface area contributed by atoms with Crippen LogP contribution in [0.1, 0.15) is 5.56 Å². The van der Waals surface area contributed by atoms with Crippen molar-refractivity contribution < 1.29 is 4.74 Å². The normalized spacial score (nSPS) is 18.9. The van der Waals surface area contributed by atoms with Crippen molar-refractivity contribution in [1.82, 2.24) is 4.90 Å². The fourth-order valence-corrected chi connectivity index (χ4v) is 1.86. The molecule has 1 heterocycles. The number of nitrogens with zero attached hydrogens (tertiary/aromatic N) is 1. The van der Waals surface area contributed by atoms with Crippen molar-refractivity contribution in [3.05, 3.63) is 35.9 Å². The molecule has 0 atom stereocenters. The summed E-state index contributed by atoms with van der Waals surface area (Å²) in [6, 6.07) is 10.4. The number of hydrogen-bond donors (Lipinski definition) is 1. The van der Waals surface area contributed by atoms with Crippen LogP contribution in [0.25, 0.3) is 0 Å². The van der Waals surface area contributed by atoms with E-state index in [1.54, 1.807) is 0 Å². The van der Waals surface area contributed by atoms with Crippen molar-refractivity contribution in [2.45, 2.75) is 12.1 Å². The zero-order chi connectivity index (χ0) is 10.7. The number of likely N-dealkylation sites (N-methyl/N-ethyl adjacent to an activating group) is 1. The molecule has 1 aromatic carbocycles. The molecule has 0 radical (unpaired) electrons. The molecule has 1 aliphatic rings. The largest absolute Gasteiger partial charge is 0.377 e. The van der Waals surface area contributed by atoms with Crippen LogP contribution < -0.4 is 5.73 Å². The minimum absolute atomic E-state index is 0.0653. The molecule has 1 aliphatic heterocycles. The predicted octanol–water partition coefficient (Wildman–Crippen LogP) is 0.846. The maximum Gasteiger partial charge on any atom is 0.0802 e. The lowest BCUT2D eigenvalue weighted by Gasteiger charge is -2.47. The van der Waals surface area contributed by atoms with E-state index >= 15 is 0 Å². The third kappa shape index (κ3) is 2.04. The van der Waals surface area contributed by atoms with Gasteiger partial charge >= 0.3 is 0 Å². The second kappa shape index (κ2) is 4.31. The minimum Gasteiger partial charge on any atom is -0.377 e. The highest BCUT2D eigenvalue weighted by atomic mass is 16.5. The molecule has 82 valence electrons. The monoisotopic (exact) mass is 206 g/mol. The molecule has 1 aromatic rings. The van der Waals surface area contributed by atoms with Crippen molar-refractivity contribution >= 4 is 0 Å². The number of benzene rings is 1. The number of nitrogens with two attached hydrogens (primary N) is 1. The van der Waals surface area contributed by atoms with Gasteiger partial charge in [0.05, 0.1) is 18.8 Å². The summed E-state index contributed by atoms with van der Waals surface area (Å²) in [7, 11) is 2.11. The Morgan fingerprint density at radius 3 is 2.47 bits per heavy atom. The van der Waals surface area contributed by atoms with Crippen LogP contribution in [0.4, 0.5) is 0 Å². The zero-order valence-electron chi connectivity index (χ0n) is 9.15. The van der Waals surface area contributed by atoms with Gasteiger partial charge in [-0.3, -0.25) is 4.90 Å². The van der Waals surface area contributed by atoms with Crippen LogP contribution in [-0.4, -0.2) is 37.2 Å². The van der Waals surface area contributed by atoms with Gasteiger partial charge in [0, 0.05) is 13.1 Å². The Morgan fingerprint density at radius 2 is 2.00 bits per heavy atom. The average molecular weight is 206 g/mol. The van der Waals surface area contributed by atoms with Gasteiger partial charge in [-0.1, -0.05) is 30.3 Å². The Bertz CT molecular complexity index is 303. The fourth-order valence-electron chi connectivity index (χ4n) is 1.86. The van der Waals surface area contributed by atoms with Gasteiger partial charge in [0.1, 0.15) is 0 Å². The van der Waals surface area contributed by atoms with Gasteiger partial charge in [0.2, 0.25) is 0 Å². The first kappa shape index (κ1) is 10.6. The predicted molar refractivity (Wildman–Crippen MR) is 60.5 cm³/mol. The molecule has 1 fully saturated rings. The van der Waals surface area contributed by atoms with E-state index in [-0.39, 0.29) is 5.54 Å². The van der Waals surface area contributed by atoms with E-state index in [0.29, 0.717) is 6.54 Å². The molecule has 0 aliphatic carbocycles. The highest BCUT2D eigenvalue weighted by Crippen LogP contribution is 2.24. The summed E-state index contributed by atoms with van der Waals surface area (Å²) in [5.74, 6) is 0. The van der Waals surface area contributed by atoms with Crippen LogP contribution in [0.3, 0.4) is 0 Å². The number of rotatable bonds is 4. The molecular formula is C12H18N2O. The maximum absolute atomic E-state index is 5.80. The molecule has 0 bridgehead atoms. The topological polar surface area (TPSA) is 38.5 Å². The van der Waals surface area contributed by atoms with Gasteiger partial charge in [-0.15, -0.1) is 0 Å². The van der Waals surface area contributed by atoms with Crippen molar-refractivity contribution in [3.63, 3.8) is 0 Å². The van der Waals surface area contributed by atoms with Crippen molar-refractivity contribution in [3.8, 4) is 0 Å². The quantitative estimate of drug-likeness (QED) is 0.793. The summed E-state index contributed by atoms with van der Waals surface area (Å²) >= 11 is 0. The molecule has 0 aromatic heterocycles. The van der Waals surface area contributed by atoms with Gasteiger partial charge in [-0.2, -0.15) is 0 Å². The average Bonchev–Trinajstić information content (AvgIpc) is 2.18.